The molecule has 0 aromatic heterocycles. The summed E-state index contributed by atoms with van der Waals surface area (Å²) in [6.07, 6.45) is 4.57. The van der Waals surface area contributed by atoms with Crippen LogP contribution in [0.5, 0.6) is 0 Å². The zero-order chi connectivity index (χ0) is 11.0. The Labute approximate surface area is 85.8 Å². The molecule has 0 aliphatic heterocycles. The van der Waals surface area contributed by atoms with Gasteiger partial charge in [0.05, 0.1) is 7.11 Å². The highest BCUT2D eigenvalue weighted by Gasteiger charge is 2.03. The Morgan fingerprint density at radius 1 is 1.50 bits per heavy atom. The molecule has 3 heteroatoms. The van der Waals surface area contributed by atoms with Crippen LogP contribution >= 0.6 is 0 Å². The van der Waals surface area contributed by atoms with Crippen molar-refractivity contribution in [2.75, 3.05) is 13.7 Å². The first-order valence-electron chi connectivity index (χ1n) is 4.97. The van der Waals surface area contributed by atoms with Crippen LogP contribution in [-0.2, 0) is 9.53 Å². The maximum Gasteiger partial charge on any atom is 0.333 e. The molecule has 14 heavy (non-hydrogen) atoms. The average molecular weight is 200 g/mol. The van der Waals surface area contributed by atoms with Crippen molar-refractivity contribution in [2.24, 2.45) is 5.92 Å². The van der Waals surface area contributed by atoms with Gasteiger partial charge in [-0.3, -0.25) is 0 Å². The van der Waals surface area contributed by atoms with Crippen molar-refractivity contribution in [3.63, 3.8) is 0 Å². The Morgan fingerprint density at radius 3 is 2.64 bits per heavy atom. The van der Waals surface area contributed by atoms with Crippen LogP contribution in [0, 0.1) is 5.92 Å². The molecule has 0 saturated carbocycles. The predicted molar refractivity (Wildman–Crippen MR) is 55.9 cm³/mol. The minimum atomic E-state index is -0.264. The van der Waals surface area contributed by atoms with Crippen LogP contribution < -0.4 is 0 Å². The number of carbonyl (C=O) groups is 1. The second kappa shape index (κ2) is 7.56. The van der Waals surface area contributed by atoms with E-state index in [2.05, 4.69) is 11.7 Å². The Balaban J connectivity index is 3.75. The summed E-state index contributed by atoms with van der Waals surface area (Å²) in [5, 5.41) is 8.68. The van der Waals surface area contributed by atoms with Gasteiger partial charge in [0.15, 0.2) is 0 Å². The van der Waals surface area contributed by atoms with Crippen molar-refractivity contribution >= 4 is 5.97 Å². The van der Waals surface area contributed by atoms with Crippen molar-refractivity contribution in [2.45, 2.75) is 33.1 Å². The second-order valence-electron chi connectivity index (χ2n) is 3.57. The normalized spacial score (nSPS) is 13.9. The highest BCUT2D eigenvalue weighted by molar-refractivity contribution is 5.87. The molecule has 82 valence electrons. The van der Waals surface area contributed by atoms with Crippen molar-refractivity contribution in [3.05, 3.63) is 11.6 Å². The third kappa shape index (κ3) is 5.75. The summed E-state index contributed by atoms with van der Waals surface area (Å²) in [5.74, 6) is 0.238. The van der Waals surface area contributed by atoms with Gasteiger partial charge in [-0.1, -0.05) is 13.0 Å². The molecule has 3 nitrogen and oxygen atoms in total. The van der Waals surface area contributed by atoms with E-state index in [1.54, 1.807) is 6.92 Å². The molecule has 0 aromatic carbocycles. The molecule has 0 radical (unpaired) electrons. The highest BCUT2D eigenvalue weighted by Crippen LogP contribution is 2.11. The fourth-order valence-electron chi connectivity index (χ4n) is 1.19. The van der Waals surface area contributed by atoms with E-state index >= 15 is 0 Å². The predicted octanol–water partition coefficient (Wildman–Crippen LogP) is 1.90. The number of allylic oxidation sites excluding steroid dienone is 1. The summed E-state index contributed by atoms with van der Waals surface area (Å²) < 4.78 is 4.57. The molecule has 1 N–H and O–H groups in total. The molecule has 0 amide bonds. The van der Waals surface area contributed by atoms with Crippen LogP contribution in [0.25, 0.3) is 0 Å². The molecular formula is C11H20O3. The first-order valence-corrected chi connectivity index (χ1v) is 4.97. The van der Waals surface area contributed by atoms with E-state index < -0.39 is 0 Å². The monoisotopic (exact) mass is 200 g/mol. The fourth-order valence-corrected chi connectivity index (χ4v) is 1.19. The van der Waals surface area contributed by atoms with Crippen LogP contribution in [0.3, 0.4) is 0 Å². The molecule has 0 heterocycles. The molecule has 0 fully saturated rings. The van der Waals surface area contributed by atoms with Crippen molar-refractivity contribution < 1.29 is 14.6 Å². The first-order chi connectivity index (χ1) is 6.61. The fraction of sp³-hybridized carbons (Fsp3) is 0.727. The van der Waals surface area contributed by atoms with Crippen molar-refractivity contribution in [1.82, 2.24) is 0 Å². The maximum absolute atomic E-state index is 11.0. The van der Waals surface area contributed by atoms with E-state index in [1.807, 2.05) is 6.08 Å². The zero-order valence-corrected chi connectivity index (χ0v) is 9.25. The summed E-state index contributed by atoms with van der Waals surface area (Å²) in [5.41, 5.74) is 0.656. The Kier molecular flexibility index (Phi) is 7.11. The molecule has 0 unspecified atom stereocenters. The number of hydrogen-bond donors (Lipinski definition) is 1. The lowest BCUT2D eigenvalue weighted by Gasteiger charge is -2.07. The van der Waals surface area contributed by atoms with E-state index in [4.69, 9.17) is 5.11 Å². The van der Waals surface area contributed by atoms with Gasteiger partial charge < -0.3 is 9.84 Å². The minimum Gasteiger partial charge on any atom is -0.466 e. The van der Waals surface area contributed by atoms with Crippen LogP contribution in [-0.4, -0.2) is 24.8 Å². The molecule has 0 aromatic rings. The summed E-state index contributed by atoms with van der Waals surface area (Å²) in [6.45, 7) is 4.08. The molecule has 0 aliphatic carbocycles. The Bertz CT molecular complexity index is 197. The number of aliphatic hydroxyl groups excluding tert-OH is 1. The standard InChI is InChI=1S/C11H20O3/c1-9(7-8-12)5-4-6-10(2)11(13)14-3/h6,9,12H,4-5,7-8H2,1-3H3/b10-6+/t9-/m0/s1. The van der Waals surface area contributed by atoms with Crippen LogP contribution in [0.2, 0.25) is 0 Å². The average Bonchev–Trinajstić information content (AvgIpc) is 2.16. The number of hydrogen-bond acceptors (Lipinski definition) is 3. The quantitative estimate of drug-likeness (QED) is 0.526. The van der Waals surface area contributed by atoms with Crippen LogP contribution in [0.4, 0.5) is 0 Å². The molecular weight excluding hydrogens is 180 g/mol. The van der Waals surface area contributed by atoms with Gasteiger partial charge in [0.25, 0.3) is 0 Å². The van der Waals surface area contributed by atoms with Gasteiger partial charge in [0.1, 0.15) is 0 Å². The largest absolute Gasteiger partial charge is 0.466 e. The number of aliphatic hydroxyl groups is 1. The maximum atomic E-state index is 11.0. The van der Waals surface area contributed by atoms with Gasteiger partial charge in [-0.05, 0) is 32.1 Å². The van der Waals surface area contributed by atoms with E-state index in [-0.39, 0.29) is 12.6 Å². The Hall–Kier alpha value is -0.830. The van der Waals surface area contributed by atoms with Crippen molar-refractivity contribution in [3.8, 4) is 0 Å². The smallest absolute Gasteiger partial charge is 0.333 e. The summed E-state index contributed by atoms with van der Waals surface area (Å²) in [7, 11) is 1.38. The molecule has 0 aliphatic rings. The number of rotatable bonds is 6. The lowest BCUT2D eigenvalue weighted by molar-refractivity contribution is -0.136. The lowest BCUT2D eigenvalue weighted by Crippen LogP contribution is -2.02. The van der Waals surface area contributed by atoms with E-state index in [0.29, 0.717) is 11.5 Å². The molecule has 0 bridgehead atoms. The SMILES string of the molecule is COC(=O)/C(C)=C/CC[C@H](C)CCO. The Morgan fingerprint density at radius 2 is 2.14 bits per heavy atom. The minimum absolute atomic E-state index is 0.237. The number of esters is 1. The number of methoxy groups -OCH3 is 1. The van der Waals surface area contributed by atoms with E-state index in [0.717, 1.165) is 19.3 Å². The summed E-state index contributed by atoms with van der Waals surface area (Å²) in [6, 6.07) is 0. The van der Waals surface area contributed by atoms with Gasteiger partial charge in [0, 0.05) is 12.2 Å². The van der Waals surface area contributed by atoms with Gasteiger partial charge in [0.2, 0.25) is 0 Å². The third-order valence-electron chi connectivity index (χ3n) is 2.24. The van der Waals surface area contributed by atoms with Gasteiger partial charge in [-0.25, -0.2) is 4.79 Å². The first kappa shape index (κ1) is 13.2. The third-order valence-corrected chi connectivity index (χ3v) is 2.24. The molecule has 0 spiro atoms. The second-order valence-corrected chi connectivity index (χ2v) is 3.57. The van der Waals surface area contributed by atoms with Gasteiger partial charge >= 0.3 is 5.97 Å². The zero-order valence-electron chi connectivity index (χ0n) is 9.25. The molecule has 0 rings (SSSR count). The van der Waals surface area contributed by atoms with Crippen LogP contribution in [0.15, 0.2) is 11.6 Å². The summed E-state index contributed by atoms with van der Waals surface area (Å²) >= 11 is 0. The molecule has 1 atom stereocenters. The highest BCUT2D eigenvalue weighted by atomic mass is 16.5. The summed E-state index contributed by atoms with van der Waals surface area (Å²) in [4.78, 5) is 11.0. The van der Waals surface area contributed by atoms with E-state index in [9.17, 15) is 4.79 Å². The molecule has 0 saturated heterocycles. The number of ether oxygens (including phenoxy) is 1. The van der Waals surface area contributed by atoms with Gasteiger partial charge in [-0.2, -0.15) is 0 Å². The van der Waals surface area contributed by atoms with E-state index in [1.165, 1.54) is 7.11 Å². The van der Waals surface area contributed by atoms with Crippen LogP contribution in [0.1, 0.15) is 33.1 Å². The topological polar surface area (TPSA) is 46.5 Å². The number of carbonyl (C=O) groups excluding carboxylic acids is 1. The van der Waals surface area contributed by atoms with Gasteiger partial charge in [-0.15, -0.1) is 0 Å². The van der Waals surface area contributed by atoms with Crippen molar-refractivity contribution in [1.29, 1.82) is 0 Å². The lowest BCUT2D eigenvalue weighted by atomic mass is 10.0.